The van der Waals surface area contributed by atoms with Gasteiger partial charge in [0.05, 0.1) is 9.83 Å². The molecular weight excluding hydrogens is 300 g/mol. The van der Waals surface area contributed by atoms with Crippen LogP contribution in [0, 0.1) is 0 Å². The number of hydrogen-bond acceptors (Lipinski definition) is 3. The van der Waals surface area contributed by atoms with Crippen molar-refractivity contribution in [1.29, 1.82) is 0 Å². The molecule has 0 aromatic carbocycles. The molecule has 1 amide bonds. The highest BCUT2D eigenvalue weighted by Crippen LogP contribution is 2.21. The fourth-order valence-electron chi connectivity index (χ4n) is 1.61. The Hall–Kier alpha value is -0.390. The van der Waals surface area contributed by atoms with Crippen LogP contribution in [0.4, 0.5) is 0 Å². The highest BCUT2D eigenvalue weighted by Gasteiger charge is 2.17. The molecule has 0 aliphatic carbocycles. The topological polar surface area (TPSA) is 46.3 Å². The van der Waals surface area contributed by atoms with Gasteiger partial charge in [-0.2, -0.15) is 0 Å². The van der Waals surface area contributed by atoms with E-state index in [1.165, 1.54) is 0 Å². The third-order valence-corrected chi connectivity index (χ3v) is 4.16. The molecule has 0 bridgehead atoms. The monoisotopic (exact) mass is 318 g/mol. The third-order valence-electron chi connectivity index (χ3n) is 2.60. The Morgan fingerprint density at radius 1 is 1.65 bits per heavy atom. The molecule has 0 saturated carbocycles. The minimum atomic E-state index is -0.359. The summed E-state index contributed by atoms with van der Waals surface area (Å²) in [6.07, 6.45) is 2.85. The maximum absolute atomic E-state index is 12.0. The quantitative estimate of drug-likeness (QED) is 0.876. The van der Waals surface area contributed by atoms with E-state index in [4.69, 9.17) is 5.73 Å². The number of nitrogens with two attached hydrogens (primary N) is 1. The summed E-state index contributed by atoms with van der Waals surface area (Å²) in [5, 5.41) is 2.05. The Morgan fingerprint density at radius 2 is 2.35 bits per heavy atom. The van der Waals surface area contributed by atoms with Gasteiger partial charge in [-0.1, -0.05) is 19.8 Å². The predicted molar refractivity (Wildman–Crippen MR) is 76.0 cm³/mol. The van der Waals surface area contributed by atoms with Crippen molar-refractivity contribution in [3.8, 4) is 0 Å². The smallest absolute Gasteiger partial charge is 0.239 e. The molecule has 0 radical (unpaired) electrons. The second-order valence-electron chi connectivity index (χ2n) is 4.20. The number of thiophene rings is 1. The van der Waals surface area contributed by atoms with Crippen LogP contribution in [0.5, 0.6) is 0 Å². The van der Waals surface area contributed by atoms with Crippen LogP contribution in [-0.2, 0) is 11.3 Å². The molecule has 0 aliphatic rings. The maximum atomic E-state index is 12.0. The largest absolute Gasteiger partial charge is 0.340 e. The molecule has 0 saturated heterocycles. The van der Waals surface area contributed by atoms with Gasteiger partial charge in [-0.15, -0.1) is 11.3 Å². The van der Waals surface area contributed by atoms with Crippen LogP contribution in [0.2, 0.25) is 0 Å². The number of carbonyl (C=O) groups excluding carboxylic acids is 1. The van der Waals surface area contributed by atoms with E-state index in [0.29, 0.717) is 6.54 Å². The van der Waals surface area contributed by atoms with E-state index >= 15 is 0 Å². The number of unbranched alkanes of at least 4 members (excludes halogenated alkanes) is 1. The molecule has 17 heavy (non-hydrogen) atoms. The lowest BCUT2D eigenvalue weighted by atomic mass is 10.1. The van der Waals surface area contributed by atoms with E-state index in [0.717, 1.165) is 28.6 Å². The Balaban J connectivity index is 2.46. The summed E-state index contributed by atoms with van der Waals surface area (Å²) in [4.78, 5) is 13.7. The van der Waals surface area contributed by atoms with E-state index in [1.807, 2.05) is 11.4 Å². The Morgan fingerprint density at radius 3 is 2.88 bits per heavy atom. The van der Waals surface area contributed by atoms with Gasteiger partial charge in [0.25, 0.3) is 0 Å². The lowest BCUT2D eigenvalue weighted by Crippen LogP contribution is -2.41. The minimum Gasteiger partial charge on any atom is -0.340 e. The molecular formula is C12H19BrN2OS. The fraction of sp³-hybridized carbons (Fsp3) is 0.583. The number of rotatable bonds is 6. The SMILES string of the molecule is CCCCC(N)C(=O)N(C)Cc1csc(Br)c1. The molecule has 1 aromatic rings. The maximum Gasteiger partial charge on any atom is 0.239 e. The number of likely N-dealkylation sites (N-methyl/N-ethyl adjacent to an activating group) is 1. The summed E-state index contributed by atoms with van der Waals surface area (Å²) >= 11 is 5.04. The molecule has 96 valence electrons. The first-order chi connectivity index (χ1) is 8.04. The second kappa shape index (κ2) is 7.13. The molecule has 1 aromatic heterocycles. The van der Waals surface area contributed by atoms with E-state index in [9.17, 15) is 4.79 Å². The molecule has 0 spiro atoms. The normalized spacial score (nSPS) is 12.5. The average Bonchev–Trinajstić information content (AvgIpc) is 2.70. The van der Waals surface area contributed by atoms with Crippen molar-refractivity contribution in [1.82, 2.24) is 4.90 Å². The molecule has 0 aliphatic heterocycles. The number of carbonyl (C=O) groups is 1. The molecule has 1 unspecified atom stereocenters. The number of nitrogens with zero attached hydrogens (tertiary/aromatic N) is 1. The Kier molecular flexibility index (Phi) is 6.16. The van der Waals surface area contributed by atoms with Crippen LogP contribution in [0.3, 0.4) is 0 Å². The third kappa shape index (κ3) is 4.77. The average molecular weight is 319 g/mol. The van der Waals surface area contributed by atoms with E-state index < -0.39 is 0 Å². The van der Waals surface area contributed by atoms with Crippen LogP contribution >= 0.6 is 27.3 Å². The van der Waals surface area contributed by atoms with Gasteiger partial charge in [0.1, 0.15) is 0 Å². The lowest BCUT2D eigenvalue weighted by molar-refractivity contribution is -0.132. The van der Waals surface area contributed by atoms with Crippen LogP contribution < -0.4 is 5.73 Å². The zero-order chi connectivity index (χ0) is 12.8. The van der Waals surface area contributed by atoms with Crippen molar-refractivity contribution < 1.29 is 4.79 Å². The molecule has 1 heterocycles. The van der Waals surface area contributed by atoms with Gasteiger partial charge in [-0.3, -0.25) is 4.79 Å². The summed E-state index contributed by atoms with van der Waals surface area (Å²) in [6, 6.07) is 1.67. The summed E-state index contributed by atoms with van der Waals surface area (Å²) in [6.45, 7) is 2.73. The molecule has 1 atom stereocenters. The van der Waals surface area contributed by atoms with E-state index in [1.54, 1.807) is 23.3 Å². The van der Waals surface area contributed by atoms with Crippen molar-refractivity contribution in [3.63, 3.8) is 0 Å². The molecule has 2 N–H and O–H groups in total. The van der Waals surface area contributed by atoms with Gasteiger partial charge in [-0.05, 0) is 39.4 Å². The molecule has 3 nitrogen and oxygen atoms in total. The highest BCUT2D eigenvalue weighted by atomic mass is 79.9. The van der Waals surface area contributed by atoms with Crippen molar-refractivity contribution in [2.75, 3.05) is 7.05 Å². The first kappa shape index (κ1) is 14.7. The Bertz CT molecular complexity index is 367. The summed E-state index contributed by atoms with van der Waals surface area (Å²) in [5.41, 5.74) is 7.00. The zero-order valence-electron chi connectivity index (χ0n) is 10.3. The Labute approximate surface area is 115 Å². The van der Waals surface area contributed by atoms with Crippen molar-refractivity contribution >= 4 is 33.2 Å². The highest BCUT2D eigenvalue weighted by molar-refractivity contribution is 9.11. The minimum absolute atomic E-state index is 0.0285. The van der Waals surface area contributed by atoms with Gasteiger partial charge >= 0.3 is 0 Å². The standard InChI is InChI=1S/C12H19BrN2OS/c1-3-4-5-10(14)12(16)15(2)7-9-6-11(13)17-8-9/h6,8,10H,3-5,7,14H2,1-2H3. The van der Waals surface area contributed by atoms with Gasteiger partial charge in [0.15, 0.2) is 0 Å². The molecule has 1 rings (SSSR count). The van der Waals surface area contributed by atoms with Crippen LogP contribution in [0.25, 0.3) is 0 Å². The van der Waals surface area contributed by atoms with Crippen molar-refractivity contribution in [2.45, 2.75) is 38.8 Å². The predicted octanol–water partition coefficient (Wildman–Crippen LogP) is 2.99. The molecule has 5 heteroatoms. The van der Waals surface area contributed by atoms with E-state index in [2.05, 4.69) is 22.9 Å². The second-order valence-corrected chi connectivity index (χ2v) is 6.49. The number of hydrogen-bond donors (Lipinski definition) is 1. The van der Waals surface area contributed by atoms with Crippen LogP contribution in [0.1, 0.15) is 31.7 Å². The van der Waals surface area contributed by atoms with Gasteiger partial charge in [-0.25, -0.2) is 0 Å². The van der Waals surface area contributed by atoms with Gasteiger partial charge in [0, 0.05) is 13.6 Å². The van der Waals surface area contributed by atoms with Crippen LogP contribution in [-0.4, -0.2) is 23.9 Å². The summed E-state index contributed by atoms with van der Waals surface area (Å²) in [7, 11) is 1.81. The fourth-order valence-corrected chi connectivity index (χ4v) is 2.81. The summed E-state index contributed by atoms with van der Waals surface area (Å²) < 4.78 is 1.09. The lowest BCUT2D eigenvalue weighted by Gasteiger charge is -2.20. The number of amides is 1. The van der Waals surface area contributed by atoms with E-state index in [-0.39, 0.29) is 11.9 Å². The number of halogens is 1. The molecule has 0 fully saturated rings. The zero-order valence-corrected chi connectivity index (χ0v) is 12.7. The van der Waals surface area contributed by atoms with Gasteiger partial charge < -0.3 is 10.6 Å². The van der Waals surface area contributed by atoms with Crippen LogP contribution in [0.15, 0.2) is 15.2 Å². The van der Waals surface area contributed by atoms with Crippen molar-refractivity contribution in [3.05, 3.63) is 20.8 Å². The van der Waals surface area contributed by atoms with Crippen molar-refractivity contribution in [2.24, 2.45) is 5.73 Å². The first-order valence-electron chi connectivity index (χ1n) is 5.78. The van der Waals surface area contributed by atoms with Gasteiger partial charge in [0.2, 0.25) is 5.91 Å². The summed E-state index contributed by atoms with van der Waals surface area (Å²) in [5.74, 6) is 0.0285. The first-order valence-corrected chi connectivity index (χ1v) is 7.45.